The van der Waals surface area contributed by atoms with Gasteiger partial charge in [-0.3, -0.25) is 9.59 Å². The SMILES string of the molecule is Cc1ccc(NC(=O)c2oc3ccccc3c2NC(=O)c2ccc(Br)o2)cc1. The Labute approximate surface area is 168 Å². The largest absolute Gasteiger partial charge is 0.449 e. The molecule has 28 heavy (non-hydrogen) atoms. The molecule has 0 aliphatic heterocycles. The Morgan fingerprint density at radius 3 is 2.32 bits per heavy atom. The van der Waals surface area contributed by atoms with Gasteiger partial charge in [-0.1, -0.05) is 29.8 Å². The molecule has 140 valence electrons. The van der Waals surface area contributed by atoms with E-state index in [2.05, 4.69) is 26.6 Å². The van der Waals surface area contributed by atoms with Crippen molar-refractivity contribution in [3.63, 3.8) is 0 Å². The van der Waals surface area contributed by atoms with Gasteiger partial charge >= 0.3 is 0 Å². The van der Waals surface area contributed by atoms with Crippen LogP contribution in [0.1, 0.15) is 26.7 Å². The van der Waals surface area contributed by atoms with Crippen LogP contribution in [0.5, 0.6) is 0 Å². The van der Waals surface area contributed by atoms with Gasteiger partial charge in [0.25, 0.3) is 11.8 Å². The molecule has 0 atom stereocenters. The first-order chi connectivity index (χ1) is 13.5. The van der Waals surface area contributed by atoms with Crippen LogP contribution >= 0.6 is 15.9 Å². The molecule has 2 heterocycles. The summed E-state index contributed by atoms with van der Waals surface area (Å²) in [6.45, 7) is 1.96. The van der Waals surface area contributed by atoms with Gasteiger partial charge in [-0.15, -0.1) is 0 Å². The molecule has 0 aliphatic carbocycles. The van der Waals surface area contributed by atoms with Crippen LogP contribution in [-0.2, 0) is 0 Å². The number of furan rings is 2. The normalized spacial score (nSPS) is 10.8. The highest BCUT2D eigenvalue weighted by atomic mass is 79.9. The molecular formula is C21H15BrN2O4. The van der Waals surface area contributed by atoms with Gasteiger partial charge in [0, 0.05) is 11.1 Å². The Morgan fingerprint density at radius 2 is 1.61 bits per heavy atom. The van der Waals surface area contributed by atoms with Gasteiger partial charge in [-0.05, 0) is 59.3 Å². The van der Waals surface area contributed by atoms with E-state index in [4.69, 9.17) is 8.83 Å². The molecule has 0 bridgehead atoms. The van der Waals surface area contributed by atoms with Gasteiger partial charge in [0.15, 0.2) is 10.4 Å². The topological polar surface area (TPSA) is 84.5 Å². The highest BCUT2D eigenvalue weighted by molar-refractivity contribution is 9.10. The van der Waals surface area contributed by atoms with Crippen molar-refractivity contribution in [2.75, 3.05) is 10.6 Å². The van der Waals surface area contributed by atoms with Crippen molar-refractivity contribution in [1.29, 1.82) is 0 Å². The minimum atomic E-state index is -0.485. The molecule has 0 aliphatic rings. The third-order valence-corrected chi connectivity index (χ3v) is 4.57. The molecular weight excluding hydrogens is 424 g/mol. The Bertz CT molecular complexity index is 1170. The van der Waals surface area contributed by atoms with Gasteiger partial charge in [0.2, 0.25) is 5.76 Å². The monoisotopic (exact) mass is 438 g/mol. The zero-order valence-corrected chi connectivity index (χ0v) is 16.4. The minimum absolute atomic E-state index is 0.0146. The molecule has 7 heteroatoms. The summed E-state index contributed by atoms with van der Waals surface area (Å²) in [6, 6.07) is 17.6. The number of benzene rings is 2. The first-order valence-corrected chi connectivity index (χ1v) is 9.27. The number of fused-ring (bicyclic) bond motifs is 1. The number of anilines is 2. The van der Waals surface area contributed by atoms with Gasteiger partial charge in [-0.25, -0.2) is 0 Å². The van der Waals surface area contributed by atoms with E-state index < -0.39 is 11.8 Å². The van der Waals surface area contributed by atoms with E-state index >= 15 is 0 Å². The summed E-state index contributed by atoms with van der Waals surface area (Å²) in [6.07, 6.45) is 0. The summed E-state index contributed by atoms with van der Waals surface area (Å²) < 4.78 is 11.5. The summed E-state index contributed by atoms with van der Waals surface area (Å²) in [7, 11) is 0. The highest BCUT2D eigenvalue weighted by Crippen LogP contribution is 2.32. The number of amides is 2. The fourth-order valence-electron chi connectivity index (χ4n) is 2.77. The van der Waals surface area contributed by atoms with Gasteiger partial charge in [0.1, 0.15) is 11.3 Å². The van der Waals surface area contributed by atoms with Crippen molar-refractivity contribution in [2.24, 2.45) is 0 Å². The van der Waals surface area contributed by atoms with Crippen LogP contribution in [-0.4, -0.2) is 11.8 Å². The lowest BCUT2D eigenvalue weighted by atomic mass is 10.2. The second-order valence-electron chi connectivity index (χ2n) is 6.18. The van der Waals surface area contributed by atoms with Gasteiger partial charge in [0.05, 0.1) is 0 Å². The van der Waals surface area contributed by atoms with Crippen molar-refractivity contribution in [3.8, 4) is 0 Å². The molecule has 0 fully saturated rings. The Morgan fingerprint density at radius 1 is 0.857 bits per heavy atom. The molecule has 2 aromatic carbocycles. The fraction of sp³-hybridized carbons (Fsp3) is 0.0476. The zero-order valence-electron chi connectivity index (χ0n) is 14.8. The number of nitrogens with one attached hydrogen (secondary N) is 2. The lowest BCUT2D eigenvalue weighted by molar-refractivity contribution is 0.0994. The number of carbonyl (C=O) groups excluding carboxylic acids is 2. The average Bonchev–Trinajstić information content (AvgIpc) is 3.28. The van der Waals surface area contributed by atoms with Crippen LogP contribution in [0.2, 0.25) is 0 Å². The van der Waals surface area contributed by atoms with E-state index in [1.165, 1.54) is 6.07 Å². The van der Waals surface area contributed by atoms with Gasteiger partial charge in [-0.2, -0.15) is 0 Å². The second kappa shape index (κ2) is 7.36. The Hall–Kier alpha value is -3.32. The molecule has 0 saturated heterocycles. The standard InChI is InChI=1S/C21H15BrN2O4/c1-12-6-8-13(9-7-12)23-21(26)19-18(14-4-2-3-5-15(14)28-19)24-20(25)16-10-11-17(22)27-16/h2-11H,1H3,(H,23,26)(H,24,25). The molecule has 2 aromatic heterocycles. The number of carbonyl (C=O) groups is 2. The van der Waals surface area contributed by atoms with Crippen LogP contribution in [0, 0.1) is 6.92 Å². The van der Waals surface area contributed by atoms with Crippen molar-refractivity contribution in [3.05, 3.63) is 82.4 Å². The first kappa shape index (κ1) is 18.1. The number of para-hydroxylation sites is 1. The van der Waals surface area contributed by atoms with E-state index in [1.54, 1.807) is 42.5 Å². The first-order valence-electron chi connectivity index (χ1n) is 8.47. The van der Waals surface area contributed by atoms with Crippen molar-refractivity contribution >= 4 is 50.1 Å². The second-order valence-corrected chi connectivity index (χ2v) is 6.96. The zero-order chi connectivity index (χ0) is 19.7. The molecule has 2 N–H and O–H groups in total. The summed E-state index contributed by atoms with van der Waals surface area (Å²) in [5, 5.41) is 6.14. The van der Waals surface area contributed by atoms with Gasteiger partial charge < -0.3 is 19.5 Å². The van der Waals surface area contributed by atoms with Crippen LogP contribution in [0.25, 0.3) is 11.0 Å². The maximum absolute atomic E-state index is 12.8. The third-order valence-electron chi connectivity index (χ3n) is 4.15. The Balaban J connectivity index is 1.69. The average molecular weight is 439 g/mol. The number of hydrogen-bond acceptors (Lipinski definition) is 4. The van der Waals surface area contributed by atoms with E-state index in [1.807, 2.05) is 19.1 Å². The maximum Gasteiger partial charge on any atom is 0.293 e. The predicted molar refractivity (Wildman–Crippen MR) is 110 cm³/mol. The molecule has 4 aromatic rings. The van der Waals surface area contributed by atoms with Crippen LogP contribution < -0.4 is 10.6 Å². The van der Waals surface area contributed by atoms with Crippen LogP contribution in [0.4, 0.5) is 11.4 Å². The molecule has 6 nitrogen and oxygen atoms in total. The Kier molecular flexibility index (Phi) is 4.75. The predicted octanol–water partition coefficient (Wildman–Crippen LogP) is 5.60. The molecule has 0 spiro atoms. The summed E-state index contributed by atoms with van der Waals surface area (Å²) in [5.74, 6) is -0.819. The third kappa shape index (κ3) is 3.57. The number of hydrogen-bond donors (Lipinski definition) is 2. The highest BCUT2D eigenvalue weighted by Gasteiger charge is 2.23. The van der Waals surface area contributed by atoms with Crippen molar-refractivity contribution in [2.45, 2.75) is 6.92 Å². The molecule has 0 unspecified atom stereocenters. The fourth-order valence-corrected chi connectivity index (χ4v) is 3.07. The number of halogens is 1. The quantitative estimate of drug-likeness (QED) is 0.434. The van der Waals surface area contributed by atoms with Crippen LogP contribution in [0.15, 0.2) is 74.2 Å². The van der Waals surface area contributed by atoms with Crippen molar-refractivity contribution < 1.29 is 18.4 Å². The maximum atomic E-state index is 12.8. The van der Waals surface area contributed by atoms with E-state index in [9.17, 15) is 9.59 Å². The van der Waals surface area contributed by atoms with E-state index in [0.717, 1.165) is 5.56 Å². The lowest BCUT2D eigenvalue weighted by Gasteiger charge is -2.07. The summed E-state index contributed by atoms with van der Waals surface area (Å²) in [5.41, 5.74) is 2.49. The number of rotatable bonds is 4. The molecule has 4 rings (SSSR count). The smallest absolute Gasteiger partial charge is 0.293 e. The molecule has 2 amide bonds. The number of aryl methyl sites for hydroxylation is 1. The summed E-state index contributed by atoms with van der Waals surface area (Å²) in [4.78, 5) is 25.4. The van der Waals surface area contributed by atoms with E-state index in [0.29, 0.717) is 21.3 Å². The summed E-state index contributed by atoms with van der Waals surface area (Å²) >= 11 is 3.17. The van der Waals surface area contributed by atoms with Crippen molar-refractivity contribution in [1.82, 2.24) is 0 Å². The minimum Gasteiger partial charge on any atom is -0.449 e. The molecule has 0 radical (unpaired) electrons. The lowest BCUT2D eigenvalue weighted by Crippen LogP contribution is -2.16. The van der Waals surface area contributed by atoms with Crippen LogP contribution in [0.3, 0.4) is 0 Å². The van der Waals surface area contributed by atoms with E-state index in [-0.39, 0.29) is 17.2 Å². The molecule has 0 saturated carbocycles.